The summed E-state index contributed by atoms with van der Waals surface area (Å²) in [6.07, 6.45) is -2.50. The third-order valence-corrected chi connectivity index (χ3v) is 4.91. The normalized spacial score (nSPS) is 15.0. The number of esters is 1. The van der Waals surface area contributed by atoms with Crippen molar-refractivity contribution in [2.45, 2.75) is 25.9 Å². The molecule has 9 heteroatoms. The lowest BCUT2D eigenvalue weighted by atomic mass is 9.95. The van der Waals surface area contributed by atoms with Crippen molar-refractivity contribution in [3.05, 3.63) is 53.7 Å². The van der Waals surface area contributed by atoms with E-state index in [0.717, 1.165) is 12.3 Å². The van der Waals surface area contributed by atoms with Crippen LogP contribution in [-0.2, 0) is 15.7 Å². The summed E-state index contributed by atoms with van der Waals surface area (Å²) >= 11 is 0. The molecule has 2 heterocycles. The molecule has 1 aliphatic heterocycles. The molecule has 3 rings (SSSR count). The highest BCUT2D eigenvalue weighted by Gasteiger charge is 2.31. The number of piperidine rings is 1. The Hall–Kier alpha value is -3.10. The molecule has 0 bridgehead atoms. The third kappa shape index (κ3) is 5.28. The number of alkyl halides is 3. The Morgan fingerprint density at radius 2 is 1.93 bits per heavy atom. The zero-order chi connectivity index (χ0) is 21.7. The maximum Gasteiger partial charge on any atom is 0.417 e. The van der Waals surface area contributed by atoms with Gasteiger partial charge in [-0.1, -0.05) is 6.07 Å². The topological polar surface area (TPSA) is 71.5 Å². The highest BCUT2D eigenvalue weighted by Crippen LogP contribution is 2.30. The molecule has 1 amide bonds. The summed E-state index contributed by atoms with van der Waals surface area (Å²) < 4.78 is 43.0. The Morgan fingerprint density at radius 1 is 1.20 bits per heavy atom. The molecular weight excluding hydrogens is 399 g/mol. The largest absolute Gasteiger partial charge is 0.462 e. The Morgan fingerprint density at radius 3 is 2.53 bits per heavy atom. The van der Waals surface area contributed by atoms with Crippen LogP contribution in [0.15, 0.2) is 42.6 Å². The summed E-state index contributed by atoms with van der Waals surface area (Å²) in [5, 5.41) is 2.82. The second-order valence-electron chi connectivity index (χ2n) is 6.95. The van der Waals surface area contributed by atoms with Gasteiger partial charge in [0.1, 0.15) is 5.82 Å². The number of carbonyl (C=O) groups excluding carboxylic acids is 2. The SMILES string of the molecule is CCOC(=O)c1cccc(NC(=O)C2CCN(c3ccc(C(F)(F)F)cn3)CC2)c1. The van der Waals surface area contributed by atoms with Crippen LogP contribution in [0.3, 0.4) is 0 Å². The lowest BCUT2D eigenvalue weighted by Gasteiger charge is -2.32. The number of hydrogen-bond acceptors (Lipinski definition) is 5. The molecule has 1 aromatic carbocycles. The fourth-order valence-electron chi connectivity index (χ4n) is 3.29. The molecule has 1 saturated heterocycles. The lowest BCUT2D eigenvalue weighted by Crippen LogP contribution is -2.38. The predicted octanol–water partition coefficient (Wildman–Crippen LogP) is 4.13. The lowest BCUT2D eigenvalue weighted by molar-refractivity contribution is -0.137. The van der Waals surface area contributed by atoms with E-state index in [-0.39, 0.29) is 18.4 Å². The first-order valence-corrected chi connectivity index (χ1v) is 9.64. The molecule has 0 unspecified atom stereocenters. The van der Waals surface area contributed by atoms with Crippen molar-refractivity contribution >= 4 is 23.4 Å². The van der Waals surface area contributed by atoms with Crippen molar-refractivity contribution in [1.29, 1.82) is 0 Å². The third-order valence-electron chi connectivity index (χ3n) is 4.91. The number of halogens is 3. The van der Waals surface area contributed by atoms with E-state index in [4.69, 9.17) is 4.74 Å². The Labute approximate surface area is 172 Å². The van der Waals surface area contributed by atoms with Gasteiger partial charge in [-0.15, -0.1) is 0 Å². The first kappa shape index (κ1) is 21.6. The van der Waals surface area contributed by atoms with Gasteiger partial charge in [0.05, 0.1) is 17.7 Å². The zero-order valence-electron chi connectivity index (χ0n) is 16.4. The van der Waals surface area contributed by atoms with Crippen molar-refractivity contribution in [2.24, 2.45) is 5.92 Å². The number of nitrogens with one attached hydrogen (secondary N) is 1. The minimum absolute atomic E-state index is 0.156. The molecule has 0 aliphatic carbocycles. The molecule has 0 radical (unpaired) electrons. The standard InChI is InChI=1S/C21H22F3N3O3/c1-2-30-20(29)15-4-3-5-17(12-15)26-19(28)14-8-10-27(11-9-14)18-7-6-16(13-25-18)21(22,23)24/h3-7,12-14H,2,8-11H2,1H3,(H,26,28). The van der Waals surface area contributed by atoms with E-state index in [0.29, 0.717) is 43.0 Å². The fourth-order valence-corrected chi connectivity index (χ4v) is 3.29. The Balaban J connectivity index is 1.55. The molecule has 0 atom stereocenters. The summed E-state index contributed by atoms with van der Waals surface area (Å²) in [5.41, 5.74) is 0.0841. The van der Waals surface area contributed by atoms with Crippen LogP contribution < -0.4 is 10.2 Å². The van der Waals surface area contributed by atoms with Crippen LogP contribution in [0.25, 0.3) is 0 Å². The van der Waals surface area contributed by atoms with Gasteiger partial charge in [-0.2, -0.15) is 13.2 Å². The van der Waals surface area contributed by atoms with Crippen LogP contribution in [0.4, 0.5) is 24.7 Å². The minimum Gasteiger partial charge on any atom is -0.462 e. The Kier molecular flexibility index (Phi) is 6.59. The van der Waals surface area contributed by atoms with E-state index < -0.39 is 17.7 Å². The molecular formula is C21H22F3N3O3. The van der Waals surface area contributed by atoms with E-state index in [1.165, 1.54) is 6.07 Å². The van der Waals surface area contributed by atoms with Gasteiger partial charge < -0.3 is 15.0 Å². The summed E-state index contributed by atoms with van der Waals surface area (Å²) in [6, 6.07) is 8.91. The highest BCUT2D eigenvalue weighted by molar-refractivity contribution is 5.95. The average molecular weight is 421 g/mol. The second kappa shape index (κ2) is 9.15. The van der Waals surface area contributed by atoms with Crippen LogP contribution in [0.1, 0.15) is 35.7 Å². The summed E-state index contributed by atoms with van der Waals surface area (Å²) in [7, 11) is 0. The van der Waals surface area contributed by atoms with Gasteiger partial charge in [-0.25, -0.2) is 9.78 Å². The molecule has 1 aliphatic rings. The van der Waals surface area contributed by atoms with Crippen LogP contribution in [-0.4, -0.2) is 36.6 Å². The molecule has 1 fully saturated rings. The van der Waals surface area contributed by atoms with E-state index in [9.17, 15) is 22.8 Å². The molecule has 2 aromatic rings. The molecule has 160 valence electrons. The van der Waals surface area contributed by atoms with E-state index >= 15 is 0 Å². The molecule has 6 nitrogen and oxygen atoms in total. The van der Waals surface area contributed by atoms with Crippen molar-refractivity contribution in [2.75, 3.05) is 29.9 Å². The molecule has 0 spiro atoms. The number of benzene rings is 1. The first-order valence-electron chi connectivity index (χ1n) is 9.64. The van der Waals surface area contributed by atoms with Crippen molar-refractivity contribution in [3.8, 4) is 0 Å². The molecule has 30 heavy (non-hydrogen) atoms. The van der Waals surface area contributed by atoms with Crippen LogP contribution >= 0.6 is 0 Å². The van der Waals surface area contributed by atoms with Gasteiger partial charge >= 0.3 is 12.1 Å². The number of nitrogens with zero attached hydrogens (tertiary/aromatic N) is 2. The number of rotatable bonds is 5. The van der Waals surface area contributed by atoms with Gasteiger partial charge in [0.2, 0.25) is 5.91 Å². The molecule has 0 saturated carbocycles. The van der Waals surface area contributed by atoms with E-state index in [1.54, 1.807) is 31.2 Å². The average Bonchev–Trinajstić information content (AvgIpc) is 2.74. The maximum atomic E-state index is 12.7. The number of pyridine rings is 1. The number of amides is 1. The minimum atomic E-state index is -4.42. The monoisotopic (exact) mass is 421 g/mol. The highest BCUT2D eigenvalue weighted by atomic mass is 19.4. The number of ether oxygens (including phenoxy) is 1. The predicted molar refractivity (Wildman–Crippen MR) is 105 cm³/mol. The number of anilines is 2. The van der Waals surface area contributed by atoms with Crippen molar-refractivity contribution < 1.29 is 27.5 Å². The maximum absolute atomic E-state index is 12.7. The smallest absolute Gasteiger partial charge is 0.417 e. The van der Waals surface area contributed by atoms with Crippen LogP contribution in [0.5, 0.6) is 0 Å². The number of aromatic nitrogens is 1. The number of carbonyl (C=O) groups is 2. The quantitative estimate of drug-likeness (QED) is 0.735. The van der Waals surface area contributed by atoms with Crippen molar-refractivity contribution in [1.82, 2.24) is 4.98 Å². The first-order chi connectivity index (χ1) is 14.3. The van der Waals surface area contributed by atoms with E-state index in [1.807, 2.05) is 4.90 Å². The zero-order valence-corrected chi connectivity index (χ0v) is 16.4. The second-order valence-corrected chi connectivity index (χ2v) is 6.95. The van der Waals surface area contributed by atoms with E-state index in [2.05, 4.69) is 10.3 Å². The van der Waals surface area contributed by atoms with Crippen molar-refractivity contribution in [3.63, 3.8) is 0 Å². The summed E-state index contributed by atoms with van der Waals surface area (Å²) in [5.74, 6) is -0.382. The Bertz CT molecular complexity index is 892. The summed E-state index contributed by atoms with van der Waals surface area (Å²) in [4.78, 5) is 30.2. The van der Waals surface area contributed by atoms with Gasteiger partial charge in [-0.3, -0.25) is 4.79 Å². The van der Waals surface area contributed by atoms with Gasteiger partial charge in [0.15, 0.2) is 0 Å². The number of hydrogen-bond donors (Lipinski definition) is 1. The van der Waals surface area contributed by atoms with Crippen LogP contribution in [0.2, 0.25) is 0 Å². The summed E-state index contributed by atoms with van der Waals surface area (Å²) in [6.45, 7) is 3.01. The fraction of sp³-hybridized carbons (Fsp3) is 0.381. The molecule has 1 aromatic heterocycles. The van der Waals surface area contributed by atoms with Gasteiger partial charge in [0.25, 0.3) is 0 Å². The van der Waals surface area contributed by atoms with Gasteiger partial charge in [-0.05, 0) is 50.1 Å². The van der Waals surface area contributed by atoms with Gasteiger partial charge in [0, 0.05) is 30.9 Å². The molecule has 1 N–H and O–H groups in total. The van der Waals surface area contributed by atoms with Crippen LogP contribution in [0, 0.1) is 5.92 Å².